The van der Waals surface area contributed by atoms with Crippen molar-refractivity contribution in [1.29, 1.82) is 0 Å². The Hall–Kier alpha value is -2.39. The molecule has 0 spiro atoms. The van der Waals surface area contributed by atoms with E-state index in [2.05, 4.69) is 32.5 Å². The number of aromatic nitrogens is 4. The summed E-state index contributed by atoms with van der Waals surface area (Å²) in [5.41, 5.74) is 5.38. The fraction of sp³-hybridized carbons (Fsp3) is 0.235. The average molecular weight is 389 g/mol. The zero-order chi connectivity index (χ0) is 18.1. The number of benzene rings is 1. The molecule has 2 aromatic heterocycles. The second-order valence-electron chi connectivity index (χ2n) is 5.91. The van der Waals surface area contributed by atoms with Crippen LogP contribution in [-0.2, 0) is 12.8 Å². The highest BCUT2D eigenvalue weighted by atomic mass is 32.2. The molecule has 0 bridgehead atoms. The summed E-state index contributed by atoms with van der Waals surface area (Å²) in [4.78, 5) is 8.35. The van der Waals surface area contributed by atoms with Crippen LogP contribution in [0.15, 0.2) is 30.5 Å². The first kappa shape index (κ1) is 17.0. The van der Waals surface area contributed by atoms with Crippen LogP contribution in [0.5, 0.6) is 5.88 Å². The minimum atomic E-state index is 0.0160. The van der Waals surface area contributed by atoms with E-state index in [9.17, 15) is 3.89 Å². The molecule has 2 N–H and O–H groups in total. The van der Waals surface area contributed by atoms with E-state index in [0.717, 1.165) is 36.1 Å². The molecule has 0 fully saturated rings. The predicted octanol–water partition coefficient (Wildman–Crippen LogP) is 4.62. The molecule has 6 nitrogen and oxygen atoms in total. The van der Waals surface area contributed by atoms with Gasteiger partial charge in [0.05, 0.1) is 12.8 Å². The zero-order valence-electron chi connectivity index (χ0n) is 14.0. The van der Waals surface area contributed by atoms with E-state index in [0.29, 0.717) is 11.8 Å². The molecule has 0 amide bonds. The van der Waals surface area contributed by atoms with Crippen molar-refractivity contribution in [2.75, 3.05) is 12.4 Å². The summed E-state index contributed by atoms with van der Waals surface area (Å²) in [6.07, 6.45) is 4.80. The third kappa shape index (κ3) is 3.08. The van der Waals surface area contributed by atoms with Gasteiger partial charge in [-0.2, -0.15) is 9.07 Å². The molecule has 1 aliphatic carbocycles. The van der Waals surface area contributed by atoms with Crippen LogP contribution in [-0.4, -0.2) is 26.3 Å². The van der Waals surface area contributed by atoms with Crippen molar-refractivity contribution in [2.24, 2.45) is 0 Å². The molecule has 26 heavy (non-hydrogen) atoms. The van der Waals surface area contributed by atoms with E-state index in [1.165, 1.54) is 15.2 Å². The Kier molecular flexibility index (Phi) is 4.64. The molecule has 0 atom stereocenters. The molecular formula is C17H16FN5OS2. The van der Waals surface area contributed by atoms with Crippen LogP contribution >= 0.6 is 24.6 Å². The van der Waals surface area contributed by atoms with Gasteiger partial charge in [0, 0.05) is 17.8 Å². The largest absolute Gasteiger partial charge is 0.481 e. The van der Waals surface area contributed by atoms with Crippen molar-refractivity contribution in [1.82, 2.24) is 19.2 Å². The van der Waals surface area contributed by atoms with Gasteiger partial charge in [0.25, 0.3) is 0 Å². The van der Waals surface area contributed by atoms with Gasteiger partial charge in [0.1, 0.15) is 0 Å². The van der Waals surface area contributed by atoms with Gasteiger partial charge in [-0.3, -0.25) is 5.10 Å². The van der Waals surface area contributed by atoms with Gasteiger partial charge in [-0.1, -0.05) is 12.1 Å². The lowest BCUT2D eigenvalue weighted by atomic mass is 9.98. The number of hydrogen-bond acceptors (Lipinski definition) is 6. The number of aromatic amines is 1. The predicted molar refractivity (Wildman–Crippen MR) is 103 cm³/mol. The van der Waals surface area contributed by atoms with Crippen LogP contribution in [0.2, 0.25) is 0 Å². The molecule has 4 rings (SSSR count). The smallest absolute Gasteiger partial charge is 0.238 e. The van der Waals surface area contributed by atoms with Crippen molar-refractivity contribution in [3.8, 4) is 17.0 Å². The SMILES string of the molecule is COc1cc(-c2ccc3c(c2Nc2nc(=S)[nH]n2SF)CCC3)ccn1. The lowest BCUT2D eigenvalue weighted by molar-refractivity contribution is 0.398. The molecule has 0 radical (unpaired) electrons. The van der Waals surface area contributed by atoms with E-state index >= 15 is 0 Å². The topological polar surface area (TPSA) is 67.8 Å². The van der Waals surface area contributed by atoms with Crippen molar-refractivity contribution < 1.29 is 8.62 Å². The Morgan fingerprint density at radius 3 is 3.04 bits per heavy atom. The van der Waals surface area contributed by atoms with Crippen LogP contribution in [0, 0.1) is 4.77 Å². The molecule has 0 saturated carbocycles. The Balaban J connectivity index is 1.86. The summed E-state index contributed by atoms with van der Waals surface area (Å²) < 4.78 is 19.8. The van der Waals surface area contributed by atoms with Crippen LogP contribution in [0.1, 0.15) is 17.5 Å². The number of nitrogens with one attached hydrogen (secondary N) is 2. The van der Waals surface area contributed by atoms with Crippen molar-refractivity contribution in [2.45, 2.75) is 19.3 Å². The van der Waals surface area contributed by atoms with Gasteiger partial charge in [-0.05, 0) is 54.2 Å². The number of pyridine rings is 1. The van der Waals surface area contributed by atoms with Crippen molar-refractivity contribution in [3.05, 3.63) is 46.4 Å². The summed E-state index contributed by atoms with van der Waals surface area (Å²) in [7, 11) is 1.59. The van der Waals surface area contributed by atoms with Crippen LogP contribution in [0.4, 0.5) is 15.5 Å². The fourth-order valence-electron chi connectivity index (χ4n) is 3.29. The third-order valence-corrected chi connectivity index (χ3v) is 5.03. The summed E-state index contributed by atoms with van der Waals surface area (Å²) >= 11 is 5.05. The normalized spacial score (nSPS) is 12.8. The summed E-state index contributed by atoms with van der Waals surface area (Å²) in [5, 5.41) is 5.96. The third-order valence-electron chi connectivity index (χ3n) is 4.44. The fourth-order valence-corrected chi connectivity index (χ4v) is 3.79. The molecule has 1 aromatic carbocycles. The van der Waals surface area contributed by atoms with E-state index in [4.69, 9.17) is 17.0 Å². The maximum atomic E-state index is 13.2. The Bertz CT molecular complexity index is 1020. The number of halogens is 1. The number of aryl methyl sites for hydroxylation is 1. The van der Waals surface area contributed by atoms with E-state index < -0.39 is 0 Å². The number of ether oxygens (including phenoxy) is 1. The molecule has 0 aliphatic heterocycles. The van der Waals surface area contributed by atoms with Crippen LogP contribution < -0.4 is 10.1 Å². The van der Waals surface area contributed by atoms with Gasteiger partial charge in [-0.15, -0.1) is 3.89 Å². The molecule has 2 heterocycles. The number of fused-ring (bicyclic) bond motifs is 1. The number of hydrogen-bond donors (Lipinski definition) is 2. The summed E-state index contributed by atoms with van der Waals surface area (Å²) in [5.74, 6) is 0.862. The minimum absolute atomic E-state index is 0.0160. The molecular weight excluding hydrogens is 373 g/mol. The maximum Gasteiger partial charge on any atom is 0.238 e. The Morgan fingerprint density at radius 2 is 2.23 bits per heavy atom. The second kappa shape index (κ2) is 7.08. The van der Waals surface area contributed by atoms with E-state index in [1.807, 2.05) is 12.1 Å². The van der Waals surface area contributed by atoms with Gasteiger partial charge < -0.3 is 10.1 Å². The number of rotatable bonds is 5. The first-order valence-electron chi connectivity index (χ1n) is 8.10. The number of H-pyrrole nitrogens is 1. The highest BCUT2D eigenvalue weighted by Crippen LogP contribution is 2.39. The summed E-state index contributed by atoms with van der Waals surface area (Å²) in [6, 6.07) is 8.01. The number of methoxy groups -OCH3 is 1. The van der Waals surface area contributed by atoms with E-state index in [-0.39, 0.29) is 17.1 Å². The Morgan fingerprint density at radius 1 is 1.35 bits per heavy atom. The van der Waals surface area contributed by atoms with Crippen molar-refractivity contribution in [3.63, 3.8) is 0 Å². The van der Waals surface area contributed by atoms with E-state index in [1.54, 1.807) is 13.3 Å². The molecule has 9 heteroatoms. The van der Waals surface area contributed by atoms with Crippen LogP contribution in [0.3, 0.4) is 0 Å². The standard InChI is InChI=1S/C17H16FN5OS2/c1-24-14-9-11(7-8-19-14)13-6-5-10-3-2-4-12(10)15(13)20-16-21-17(25)22-23(16)26-18/h5-9H,2-4H2,1H3,(H2,20,21,22,25). The van der Waals surface area contributed by atoms with Gasteiger partial charge in [-0.25, -0.2) is 4.98 Å². The maximum absolute atomic E-state index is 13.2. The highest BCUT2D eigenvalue weighted by molar-refractivity contribution is 7.92. The first-order valence-corrected chi connectivity index (χ1v) is 9.18. The lowest BCUT2D eigenvalue weighted by Gasteiger charge is -2.16. The second-order valence-corrected chi connectivity index (χ2v) is 6.80. The monoisotopic (exact) mass is 389 g/mol. The van der Waals surface area contributed by atoms with Gasteiger partial charge in [0.15, 0.2) is 12.3 Å². The molecule has 0 saturated heterocycles. The number of anilines is 2. The van der Waals surface area contributed by atoms with Gasteiger partial charge in [0.2, 0.25) is 16.6 Å². The molecule has 3 aromatic rings. The Labute approximate surface area is 159 Å². The quantitative estimate of drug-likeness (QED) is 0.621. The lowest BCUT2D eigenvalue weighted by Crippen LogP contribution is -2.03. The summed E-state index contributed by atoms with van der Waals surface area (Å²) in [6.45, 7) is 0. The molecule has 1 aliphatic rings. The number of nitrogens with zero attached hydrogens (tertiary/aromatic N) is 3. The van der Waals surface area contributed by atoms with Crippen molar-refractivity contribution >= 4 is 36.2 Å². The first-order chi connectivity index (χ1) is 12.7. The molecule has 134 valence electrons. The van der Waals surface area contributed by atoms with Gasteiger partial charge >= 0.3 is 0 Å². The highest BCUT2D eigenvalue weighted by Gasteiger charge is 2.21. The minimum Gasteiger partial charge on any atom is -0.481 e. The van der Waals surface area contributed by atoms with Crippen LogP contribution in [0.25, 0.3) is 11.1 Å². The zero-order valence-corrected chi connectivity index (χ0v) is 15.6. The molecule has 0 unspecified atom stereocenters. The average Bonchev–Trinajstić information content (AvgIpc) is 3.28.